The molecule has 0 aromatic carbocycles. The van der Waals surface area contributed by atoms with Crippen molar-refractivity contribution in [2.45, 2.75) is 19.8 Å². The van der Waals surface area contributed by atoms with E-state index in [4.69, 9.17) is 12.2 Å². The maximum absolute atomic E-state index is 4.84. The standard InChI is InChI=1S/C7H10N2S2/c1-4(2)6-8-3-5(9-6)7(10)11/h3-4H,1-2H3,(H,8,9)(H,10,11). The summed E-state index contributed by atoms with van der Waals surface area (Å²) in [6, 6.07) is 0. The van der Waals surface area contributed by atoms with Crippen molar-refractivity contribution in [3.05, 3.63) is 17.7 Å². The third-order valence-electron chi connectivity index (χ3n) is 1.36. The Morgan fingerprint density at radius 2 is 2.36 bits per heavy atom. The number of aromatic nitrogens is 2. The molecule has 11 heavy (non-hydrogen) atoms. The van der Waals surface area contributed by atoms with Crippen molar-refractivity contribution in [1.82, 2.24) is 9.97 Å². The lowest BCUT2D eigenvalue weighted by Gasteiger charge is -1.96. The molecule has 0 amide bonds. The largest absolute Gasteiger partial charge is 0.348 e. The highest BCUT2D eigenvalue weighted by atomic mass is 32.1. The number of imidazole rings is 1. The van der Waals surface area contributed by atoms with Crippen LogP contribution in [0.25, 0.3) is 0 Å². The van der Waals surface area contributed by atoms with Crippen LogP contribution in [0.2, 0.25) is 0 Å². The molecule has 0 fully saturated rings. The minimum absolute atomic E-state index is 0.409. The molecule has 0 aliphatic rings. The highest BCUT2D eigenvalue weighted by Crippen LogP contribution is 2.10. The first-order chi connectivity index (χ1) is 5.11. The van der Waals surface area contributed by atoms with E-state index in [1.54, 1.807) is 6.20 Å². The van der Waals surface area contributed by atoms with E-state index >= 15 is 0 Å². The van der Waals surface area contributed by atoms with E-state index in [9.17, 15) is 0 Å². The molecule has 2 nitrogen and oxygen atoms in total. The minimum Gasteiger partial charge on any atom is -0.348 e. The smallest absolute Gasteiger partial charge is 0.109 e. The average Bonchev–Trinajstić information content (AvgIpc) is 2.33. The molecule has 0 saturated heterocycles. The molecule has 1 aromatic heterocycles. The van der Waals surface area contributed by atoms with E-state index in [2.05, 4.69) is 36.4 Å². The van der Waals surface area contributed by atoms with Crippen molar-refractivity contribution in [3.63, 3.8) is 0 Å². The zero-order chi connectivity index (χ0) is 8.43. The molecule has 0 saturated carbocycles. The summed E-state index contributed by atoms with van der Waals surface area (Å²) < 4.78 is 0.535. The second-order valence-corrected chi connectivity index (χ2v) is 3.79. The van der Waals surface area contributed by atoms with Crippen molar-refractivity contribution in [3.8, 4) is 0 Å². The fourth-order valence-electron chi connectivity index (χ4n) is 0.742. The Labute approximate surface area is 76.8 Å². The maximum Gasteiger partial charge on any atom is 0.109 e. The van der Waals surface area contributed by atoms with Gasteiger partial charge >= 0.3 is 0 Å². The number of nitrogens with one attached hydrogen (secondary N) is 1. The second-order valence-electron chi connectivity index (χ2n) is 2.63. The number of hydrogen-bond acceptors (Lipinski definition) is 2. The predicted molar refractivity (Wildman–Crippen MR) is 53.4 cm³/mol. The summed E-state index contributed by atoms with van der Waals surface area (Å²) in [4.78, 5) is 7.28. The van der Waals surface area contributed by atoms with Gasteiger partial charge in [0.2, 0.25) is 0 Å². The molecule has 1 N–H and O–H groups in total. The third-order valence-corrected chi connectivity index (χ3v) is 1.80. The predicted octanol–water partition coefficient (Wildman–Crippen LogP) is 2.14. The molecular weight excluding hydrogens is 176 g/mol. The van der Waals surface area contributed by atoms with Gasteiger partial charge in [-0.1, -0.05) is 26.1 Å². The summed E-state index contributed by atoms with van der Waals surface area (Å²) in [5.41, 5.74) is 0.757. The quantitative estimate of drug-likeness (QED) is 0.547. The summed E-state index contributed by atoms with van der Waals surface area (Å²) in [5.74, 6) is 1.36. The maximum atomic E-state index is 4.84. The van der Waals surface area contributed by atoms with Gasteiger partial charge in [-0.05, 0) is 0 Å². The van der Waals surface area contributed by atoms with Crippen LogP contribution in [0.3, 0.4) is 0 Å². The molecule has 1 heterocycles. The fraction of sp³-hybridized carbons (Fsp3) is 0.429. The van der Waals surface area contributed by atoms with Crippen LogP contribution in [0.1, 0.15) is 31.3 Å². The Bertz CT molecular complexity index is 265. The Morgan fingerprint density at radius 1 is 1.73 bits per heavy atom. The first-order valence-electron chi connectivity index (χ1n) is 3.40. The zero-order valence-corrected chi connectivity index (χ0v) is 8.17. The van der Waals surface area contributed by atoms with Crippen LogP contribution in [-0.2, 0) is 0 Å². The topological polar surface area (TPSA) is 28.7 Å². The molecule has 0 bridgehead atoms. The summed E-state index contributed by atoms with van der Waals surface area (Å²) in [7, 11) is 0. The van der Waals surface area contributed by atoms with E-state index in [1.165, 1.54) is 0 Å². The number of aromatic amines is 1. The highest BCUT2D eigenvalue weighted by molar-refractivity contribution is 8.11. The minimum atomic E-state index is 0.409. The van der Waals surface area contributed by atoms with E-state index in [0.717, 1.165) is 11.5 Å². The van der Waals surface area contributed by atoms with E-state index in [-0.39, 0.29) is 0 Å². The Kier molecular flexibility index (Phi) is 2.67. The Hall–Kier alpha value is -0.350. The molecule has 1 aromatic rings. The van der Waals surface area contributed by atoms with Crippen LogP contribution < -0.4 is 0 Å². The number of thiol groups is 1. The lowest BCUT2D eigenvalue weighted by molar-refractivity contribution is 0.794. The molecule has 0 spiro atoms. The van der Waals surface area contributed by atoms with Crippen LogP contribution in [0, 0.1) is 0 Å². The second kappa shape index (κ2) is 3.36. The van der Waals surface area contributed by atoms with Crippen LogP contribution in [0.15, 0.2) is 6.20 Å². The van der Waals surface area contributed by atoms with Crippen LogP contribution >= 0.6 is 24.8 Å². The summed E-state index contributed by atoms with van der Waals surface area (Å²) in [6.07, 6.45) is 1.78. The molecule has 4 heteroatoms. The number of hydrogen-bond donors (Lipinski definition) is 2. The molecule has 0 aliphatic carbocycles. The van der Waals surface area contributed by atoms with Crippen LogP contribution in [-0.4, -0.2) is 14.2 Å². The number of rotatable bonds is 2. The SMILES string of the molecule is CC(C)c1nc(C(=S)S)c[nH]1. The highest BCUT2D eigenvalue weighted by Gasteiger charge is 2.05. The Balaban J connectivity index is 2.90. The van der Waals surface area contributed by atoms with Gasteiger partial charge in [-0.2, -0.15) is 0 Å². The number of thiocarbonyl (C=S) groups is 1. The van der Waals surface area contributed by atoms with Crippen LogP contribution in [0.5, 0.6) is 0 Å². The van der Waals surface area contributed by atoms with E-state index < -0.39 is 0 Å². The molecule has 60 valence electrons. The lowest BCUT2D eigenvalue weighted by Crippen LogP contribution is -1.91. The van der Waals surface area contributed by atoms with Crippen LogP contribution in [0.4, 0.5) is 0 Å². The molecule has 0 aliphatic heterocycles. The van der Waals surface area contributed by atoms with E-state index in [1.807, 2.05) is 0 Å². The summed E-state index contributed by atoms with van der Waals surface area (Å²) in [6.45, 7) is 4.15. The van der Waals surface area contributed by atoms with Gasteiger partial charge in [-0.25, -0.2) is 4.98 Å². The van der Waals surface area contributed by atoms with Crippen molar-refractivity contribution < 1.29 is 0 Å². The van der Waals surface area contributed by atoms with Gasteiger partial charge in [-0.15, -0.1) is 12.6 Å². The van der Waals surface area contributed by atoms with Gasteiger partial charge in [0, 0.05) is 12.1 Å². The summed E-state index contributed by atoms with van der Waals surface area (Å²) in [5, 5.41) is 0. The fourth-order valence-corrected chi connectivity index (χ4v) is 0.961. The molecule has 1 rings (SSSR count). The van der Waals surface area contributed by atoms with E-state index in [0.29, 0.717) is 10.1 Å². The first kappa shape index (κ1) is 8.74. The van der Waals surface area contributed by atoms with Crippen molar-refractivity contribution in [1.29, 1.82) is 0 Å². The molecular formula is C7H10N2S2. The number of H-pyrrole nitrogens is 1. The zero-order valence-electron chi connectivity index (χ0n) is 6.46. The van der Waals surface area contributed by atoms with Crippen molar-refractivity contribution >= 4 is 29.0 Å². The van der Waals surface area contributed by atoms with Gasteiger partial charge in [0.25, 0.3) is 0 Å². The lowest BCUT2D eigenvalue weighted by atomic mass is 10.2. The van der Waals surface area contributed by atoms with Crippen molar-refractivity contribution in [2.24, 2.45) is 0 Å². The normalized spacial score (nSPS) is 10.5. The van der Waals surface area contributed by atoms with Gasteiger partial charge in [0.1, 0.15) is 11.5 Å². The van der Waals surface area contributed by atoms with Crippen molar-refractivity contribution in [2.75, 3.05) is 0 Å². The third kappa shape index (κ3) is 2.04. The van der Waals surface area contributed by atoms with Gasteiger partial charge in [0.05, 0.1) is 4.20 Å². The van der Waals surface area contributed by atoms with Gasteiger partial charge in [0.15, 0.2) is 0 Å². The monoisotopic (exact) mass is 186 g/mol. The molecule has 0 radical (unpaired) electrons. The molecule has 0 unspecified atom stereocenters. The average molecular weight is 186 g/mol. The van der Waals surface area contributed by atoms with Gasteiger partial charge < -0.3 is 4.98 Å². The number of nitrogens with zero attached hydrogens (tertiary/aromatic N) is 1. The van der Waals surface area contributed by atoms with Gasteiger partial charge in [-0.3, -0.25) is 0 Å². The summed E-state index contributed by atoms with van der Waals surface area (Å²) >= 11 is 8.86. The first-order valence-corrected chi connectivity index (χ1v) is 4.25. The Morgan fingerprint density at radius 3 is 2.64 bits per heavy atom. The molecule has 0 atom stereocenters.